The van der Waals surface area contributed by atoms with E-state index in [1.54, 1.807) is 12.1 Å². The molecule has 0 radical (unpaired) electrons. The first-order valence-corrected chi connectivity index (χ1v) is 8.84. The van der Waals surface area contributed by atoms with Gasteiger partial charge in [0.2, 0.25) is 0 Å². The lowest BCUT2D eigenvalue weighted by molar-refractivity contribution is 0.0946. The molecule has 2 N–H and O–H groups in total. The van der Waals surface area contributed by atoms with Gasteiger partial charge in [-0.15, -0.1) is 0 Å². The average molecular weight is 377 g/mol. The number of rotatable bonds is 6. The minimum absolute atomic E-state index is 0.169. The standard InChI is InChI=1S/C22H20FN3O2/c1-15-4-2-3-5-18(15)14-26-22(28)20-12-17(10-11-24-20)21(27)25-13-16-6-8-19(23)9-7-16/h2-12H,13-14H2,1H3,(H,25,27)(H,26,28). The van der Waals surface area contributed by atoms with Crippen LogP contribution >= 0.6 is 0 Å². The minimum atomic E-state index is -0.351. The zero-order valence-electron chi connectivity index (χ0n) is 15.4. The second-order valence-corrected chi connectivity index (χ2v) is 6.35. The first-order chi connectivity index (χ1) is 13.5. The van der Waals surface area contributed by atoms with Gasteiger partial charge in [-0.2, -0.15) is 0 Å². The van der Waals surface area contributed by atoms with Crippen molar-refractivity contribution in [1.29, 1.82) is 0 Å². The first kappa shape index (κ1) is 19.2. The predicted molar refractivity (Wildman–Crippen MR) is 104 cm³/mol. The highest BCUT2D eigenvalue weighted by molar-refractivity contribution is 5.98. The van der Waals surface area contributed by atoms with E-state index in [2.05, 4.69) is 15.6 Å². The molecule has 2 amide bonds. The van der Waals surface area contributed by atoms with E-state index in [1.807, 2.05) is 31.2 Å². The minimum Gasteiger partial charge on any atom is -0.348 e. The molecule has 3 aromatic rings. The molecule has 0 saturated carbocycles. The molecule has 0 fully saturated rings. The largest absolute Gasteiger partial charge is 0.348 e. The van der Waals surface area contributed by atoms with Gasteiger partial charge in [0.15, 0.2) is 0 Å². The quantitative estimate of drug-likeness (QED) is 0.692. The van der Waals surface area contributed by atoms with Crippen molar-refractivity contribution in [2.45, 2.75) is 20.0 Å². The second-order valence-electron chi connectivity index (χ2n) is 6.35. The van der Waals surface area contributed by atoms with Gasteiger partial charge in [0.25, 0.3) is 11.8 Å². The molecular formula is C22H20FN3O2. The van der Waals surface area contributed by atoms with E-state index >= 15 is 0 Å². The average Bonchev–Trinajstić information content (AvgIpc) is 2.72. The van der Waals surface area contributed by atoms with Crippen LogP contribution in [0.1, 0.15) is 37.5 Å². The van der Waals surface area contributed by atoms with Crippen molar-refractivity contribution >= 4 is 11.8 Å². The van der Waals surface area contributed by atoms with E-state index in [0.717, 1.165) is 16.7 Å². The second kappa shape index (κ2) is 8.90. The molecule has 0 spiro atoms. The summed E-state index contributed by atoms with van der Waals surface area (Å²) in [5.74, 6) is -1.01. The SMILES string of the molecule is Cc1ccccc1CNC(=O)c1cc(C(=O)NCc2ccc(F)cc2)ccn1. The normalized spacial score (nSPS) is 10.4. The summed E-state index contributed by atoms with van der Waals surface area (Å²) in [6.07, 6.45) is 1.43. The number of halogens is 1. The molecule has 5 nitrogen and oxygen atoms in total. The van der Waals surface area contributed by atoms with Gasteiger partial charge in [-0.1, -0.05) is 36.4 Å². The van der Waals surface area contributed by atoms with Crippen LogP contribution < -0.4 is 10.6 Å². The van der Waals surface area contributed by atoms with E-state index in [9.17, 15) is 14.0 Å². The topological polar surface area (TPSA) is 71.1 Å². The first-order valence-electron chi connectivity index (χ1n) is 8.84. The van der Waals surface area contributed by atoms with Gasteiger partial charge in [0, 0.05) is 24.8 Å². The molecule has 0 saturated heterocycles. The molecule has 28 heavy (non-hydrogen) atoms. The summed E-state index contributed by atoms with van der Waals surface area (Å²) in [4.78, 5) is 28.8. The van der Waals surface area contributed by atoms with Crippen LogP contribution in [0, 0.1) is 12.7 Å². The molecule has 142 valence electrons. The molecular weight excluding hydrogens is 357 g/mol. The summed E-state index contributed by atoms with van der Waals surface area (Å²) in [5.41, 5.74) is 3.38. The number of nitrogens with zero attached hydrogens (tertiary/aromatic N) is 1. The fraction of sp³-hybridized carbons (Fsp3) is 0.136. The lowest BCUT2D eigenvalue weighted by Gasteiger charge is -2.09. The van der Waals surface area contributed by atoms with Crippen molar-refractivity contribution in [3.05, 3.63) is 101 Å². The Morgan fingerprint density at radius 2 is 1.64 bits per heavy atom. The maximum atomic E-state index is 12.9. The maximum Gasteiger partial charge on any atom is 0.270 e. The van der Waals surface area contributed by atoms with Crippen LogP contribution in [0.3, 0.4) is 0 Å². The Bertz CT molecular complexity index is 987. The summed E-state index contributed by atoms with van der Waals surface area (Å²) in [5, 5.41) is 5.56. The number of nitrogens with one attached hydrogen (secondary N) is 2. The van der Waals surface area contributed by atoms with Crippen molar-refractivity contribution in [2.75, 3.05) is 0 Å². The van der Waals surface area contributed by atoms with E-state index in [4.69, 9.17) is 0 Å². The molecule has 0 aliphatic rings. The van der Waals surface area contributed by atoms with Gasteiger partial charge in [-0.05, 0) is 47.9 Å². The number of aryl methyl sites for hydroxylation is 1. The van der Waals surface area contributed by atoms with E-state index in [-0.39, 0.29) is 29.9 Å². The maximum absolute atomic E-state index is 12.9. The molecule has 0 atom stereocenters. The Balaban J connectivity index is 1.60. The highest BCUT2D eigenvalue weighted by Gasteiger charge is 2.12. The number of aromatic nitrogens is 1. The molecule has 0 aliphatic heterocycles. The number of hydrogen-bond donors (Lipinski definition) is 2. The molecule has 0 aliphatic carbocycles. The van der Waals surface area contributed by atoms with E-state index < -0.39 is 0 Å². The Morgan fingerprint density at radius 1 is 0.929 bits per heavy atom. The molecule has 6 heteroatoms. The number of carbonyl (C=O) groups is 2. The number of benzene rings is 2. The van der Waals surface area contributed by atoms with Gasteiger partial charge in [0.05, 0.1) is 0 Å². The van der Waals surface area contributed by atoms with E-state index in [0.29, 0.717) is 12.1 Å². The van der Waals surface area contributed by atoms with Crippen molar-refractivity contribution in [2.24, 2.45) is 0 Å². The van der Waals surface area contributed by atoms with Crippen molar-refractivity contribution in [3.8, 4) is 0 Å². The molecule has 2 aromatic carbocycles. The van der Waals surface area contributed by atoms with Crippen LogP contribution in [0.4, 0.5) is 4.39 Å². The van der Waals surface area contributed by atoms with Crippen molar-refractivity contribution in [3.63, 3.8) is 0 Å². The third-order valence-electron chi connectivity index (χ3n) is 4.32. The van der Waals surface area contributed by atoms with E-state index in [1.165, 1.54) is 30.5 Å². The van der Waals surface area contributed by atoms with Crippen LogP contribution in [-0.2, 0) is 13.1 Å². The van der Waals surface area contributed by atoms with Gasteiger partial charge in [-0.25, -0.2) is 4.39 Å². The Labute approximate surface area is 162 Å². The van der Waals surface area contributed by atoms with Crippen molar-refractivity contribution in [1.82, 2.24) is 15.6 Å². The number of amides is 2. The Hall–Kier alpha value is -3.54. The molecule has 1 heterocycles. The van der Waals surface area contributed by atoms with Crippen molar-refractivity contribution < 1.29 is 14.0 Å². The molecule has 0 unspecified atom stereocenters. The fourth-order valence-electron chi connectivity index (χ4n) is 2.66. The lowest BCUT2D eigenvalue weighted by atomic mass is 10.1. The van der Waals surface area contributed by atoms with Gasteiger partial charge < -0.3 is 10.6 Å². The highest BCUT2D eigenvalue weighted by atomic mass is 19.1. The van der Waals surface area contributed by atoms with Crippen LogP contribution in [-0.4, -0.2) is 16.8 Å². The lowest BCUT2D eigenvalue weighted by Crippen LogP contribution is -2.26. The summed E-state index contributed by atoms with van der Waals surface area (Å²) in [6.45, 7) is 2.62. The Kier molecular flexibility index (Phi) is 6.11. The monoisotopic (exact) mass is 377 g/mol. The van der Waals surface area contributed by atoms with Crippen LogP contribution in [0.25, 0.3) is 0 Å². The van der Waals surface area contributed by atoms with Gasteiger partial charge in [-0.3, -0.25) is 14.6 Å². The highest BCUT2D eigenvalue weighted by Crippen LogP contribution is 2.08. The predicted octanol–water partition coefficient (Wildman–Crippen LogP) is 3.39. The third-order valence-corrected chi connectivity index (χ3v) is 4.32. The summed E-state index contributed by atoms with van der Waals surface area (Å²) < 4.78 is 12.9. The zero-order chi connectivity index (χ0) is 19.9. The van der Waals surface area contributed by atoms with Crippen LogP contribution in [0.2, 0.25) is 0 Å². The summed E-state index contributed by atoms with van der Waals surface area (Å²) in [7, 11) is 0. The fourth-order valence-corrected chi connectivity index (χ4v) is 2.66. The number of hydrogen-bond acceptors (Lipinski definition) is 3. The van der Waals surface area contributed by atoms with Crippen LogP contribution in [0.5, 0.6) is 0 Å². The summed E-state index contributed by atoms with van der Waals surface area (Å²) in [6, 6.07) is 16.7. The number of carbonyl (C=O) groups excluding carboxylic acids is 2. The third kappa shape index (κ3) is 5.01. The molecule has 3 rings (SSSR count). The summed E-state index contributed by atoms with van der Waals surface area (Å²) >= 11 is 0. The number of pyridine rings is 1. The van der Waals surface area contributed by atoms with Crippen LogP contribution in [0.15, 0.2) is 66.9 Å². The molecule has 0 bridgehead atoms. The molecule has 1 aromatic heterocycles. The van der Waals surface area contributed by atoms with Gasteiger partial charge >= 0.3 is 0 Å². The zero-order valence-corrected chi connectivity index (χ0v) is 15.4. The smallest absolute Gasteiger partial charge is 0.270 e. The Morgan fingerprint density at radius 3 is 2.39 bits per heavy atom. The van der Waals surface area contributed by atoms with Gasteiger partial charge in [0.1, 0.15) is 11.5 Å².